The van der Waals surface area contributed by atoms with Gasteiger partial charge in [0.15, 0.2) is 0 Å². The summed E-state index contributed by atoms with van der Waals surface area (Å²) < 4.78 is 6.45. The molecular weight excluding hydrogens is 246 g/mol. The smallest absolute Gasteiger partial charge is 0.123 e. The second-order valence-corrected chi connectivity index (χ2v) is 7.13. The number of piperidine rings is 1. The first-order valence-electron chi connectivity index (χ1n) is 8.40. The zero-order valence-electron chi connectivity index (χ0n) is 12.2. The van der Waals surface area contributed by atoms with Crippen LogP contribution < -0.4 is 10.1 Å². The summed E-state index contributed by atoms with van der Waals surface area (Å²) in [6, 6.07) is 5.28. The molecule has 2 aliphatic heterocycles. The molecule has 106 valence electrons. The van der Waals surface area contributed by atoms with Crippen LogP contribution in [0.15, 0.2) is 12.1 Å². The second-order valence-electron chi connectivity index (χ2n) is 7.13. The molecule has 0 amide bonds. The van der Waals surface area contributed by atoms with Crippen LogP contribution in [0.1, 0.15) is 49.3 Å². The Hall–Kier alpha value is -1.02. The van der Waals surface area contributed by atoms with Crippen molar-refractivity contribution in [3.05, 3.63) is 28.8 Å². The molecule has 2 fully saturated rings. The van der Waals surface area contributed by atoms with E-state index in [0.717, 1.165) is 12.3 Å². The van der Waals surface area contributed by atoms with Gasteiger partial charge in [0.2, 0.25) is 0 Å². The fraction of sp³-hybridized carbons (Fsp3) is 0.667. The first-order chi connectivity index (χ1) is 9.84. The van der Waals surface area contributed by atoms with E-state index in [1.54, 1.807) is 16.7 Å². The molecule has 20 heavy (non-hydrogen) atoms. The molecule has 4 unspecified atom stereocenters. The lowest BCUT2D eigenvalue weighted by Crippen LogP contribution is -2.63. The summed E-state index contributed by atoms with van der Waals surface area (Å²) in [6.07, 6.45) is 8.14. The Labute approximate surface area is 120 Å². The predicted octanol–water partition coefficient (Wildman–Crippen LogP) is 2.97. The number of hydrogen-bond donors (Lipinski definition) is 1. The Morgan fingerprint density at radius 2 is 2.30 bits per heavy atom. The molecule has 1 spiro atoms. The predicted molar refractivity (Wildman–Crippen MR) is 79.4 cm³/mol. The fourth-order valence-electron chi connectivity index (χ4n) is 5.86. The van der Waals surface area contributed by atoms with Crippen molar-refractivity contribution < 1.29 is 4.74 Å². The standard InChI is InChI=1S/C18H23NO/c1-2-11-6-7-15-17-12(11)10-14-13-4-3-5-16(20-15)18(13,17)8-9-19-14/h6-7,13-14,16,19H,2-5,8-10H2,1H3. The molecule has 1 aromatic carbocycles. The highest BCUT2D eigenvalue weighted by atomic mass is 16.5. The van der Waals surface area contributed by atoms with Gasteiger partial charge in [0.05, 0.1) is 0 Å². The largest absolute Gasteiger partial charge is 0.489 e. The molecule has 2 heterocycles. The van der Waals surface area contributed by atoms with Crippen molar-refractivity contribution >= 4 is 0 Å². The Morgan fingerprint density at radius 1 is 1.35 bits per heavy atom. The number of benzene rings is 1. The highest BCUT2D eigenvalue weighted by molar-refractivity contribution is 5.57. The van der Waals surface area contributed by atoms with Gasteiger partial charge in [0.1, 0.15) is 11.9 Å². The van der Waals surface area contributed by atoms with Gasteiger partial charge >= 0.3 is 0 Å². The SMILES string of the molecule is CCc1ccc2c3c1CC1NCCC34C(CCCC14)O2. The lowest BCUT2D eigenvalue weighted by molar-refractivity contribution is 0.00329. The van der Waals surface area contributed by atoms with Crippen molar-refractivity contribution in [2.45, 2.75) is 63.0 Å². The van der Waals surface area contributed by atoms with Gasteiger partial charge in [-0.2, -0.15) is 0 Å². The summed E-state index contributed by atoms with van der Waals surface area (Å²) in [4.78, 5) is 0. The van der Waals surface area contributed by atoms with Gasteiger partial charge in [-0.1, -0.05) is 13.0 Å². The van der Waals surface area contributed by atoms with E-state index in [1.165, 1.54) is 44.4 Å². The third kappa shape index (κ3) is 1.17. The highest BCUT2D eigenvalue weighted by Crippen LogP contribution is 2.61. The molecule has 4 aliphatic rings. The van der Waals surface area contributed by atoms with Crippen LogP contribution in [0.5, 0.6) is 5.75 Å². The Balaban J connectivity index is 1.81. The van der Waals surface area contributed by atoms with Crippen molar-refractivity contribution in [2.24, 2.45) is 5.92 Å². The molecule has 5 rings (SSSR count). The minimum Gasteiger partial charge on any atom is -0.489 e. The van der Waals surface area contributed by atoms with Crippen molar-refractivity contribution in [3.63, 3.8) is 0 Å². The summed E-state index contributed by atoms with van der Waals surface area (Å²) in [5, 5.41) is 3.82. The van der Waals surface area contributed by atoms with Crippen LogP contribution in [0.3, 0.4) is 0 Å². The van der Waals surface area contributed by atoms with Crippen LogP contribution >= 0.6 is 0 Å². The van der Waals surface area contributed by atoms with Crippen LogP contribution in [0.25, 0.3) is 0 Å². The van der Waals surface area contributed by atoms with E-state index >= 15 is 0 Å². The third-order valence-electron chi connectivity index (χ3n) is 6.56. The topological polar surface area (TPSA) is 21.3 Å². The van der Waals surface area contributed by atoms with Crippen molar-refractivity contribution in [1.82, 2.24) is 5.32 Å². The molecular formula is C18H23NO. The molecule has 2 heteroatoms. The van der Waals surface area contributed by atoms with Gasteiger partial charge in [-0.15, -0.1) is 0 Å². The zero-order valence-corrected chi connectivity index (χ0v) is 12.2. The second kappa shape index (κ2) is 3.79. The van der Waals surface area contributed by atoms with Gasteiger partial charge in [-0.05, 0) is 68.2 Å². The molecule has 0 radical (unpaired) electrons. The summed E-state index contributed by atoms with van der Waals surface area (Å²) in [7, 11) is 0. The number of rotatable bonds is 1. The molecule has 1 saturated heterocycles. The molecule has 1 saturated carbocycles. The quantitative estimate of drug-likeness (QED) is 0.846. The van der Waals surface area contributed by atoms with Crippen molar-refractivity contribution in [1.29, 1.82) is 0 Å². The van der Waals surface area contributed by atoms with E-state index in [4.69, 9.17) is 4.74 Å². The molecule has 1 aromatic rings. The van der Waals surface area contributed by atoms with Crippen LogP contribution in [-0.4, -0.2) is 18.7 Å². The van der Waals surface area contributed by atoms with Gasteiger partial charge in [-0.25, -0.2) is 0 Å². The van der Waals surface area contributed by atoms with E-state index in [2.05, 4.69) is 24.4 Å². The van der Waals surface area contributed by atoms with Gasteiger partial charge in [0.25, 0.3) is 0 Å². The molecule has 0 aromatic heterocycles. The number of ether oxygens (including phenoxy) is 1. The van der Waals surface area contributed by atoms with Gasteiger partial charge < -0.3 is 10.1 Å². The summed E-state index contributed by atoms with van der Waals surface area (Å²) in [6.45, 7) is 3.47. The Morgan fingerprint density at radius 3 is 3.20 bits per heavy atom. The van der Waals surface area contributed by atoms with E-state index in [0.29, 0.717) is 17.6 Å². The lowest BCUT2D eigenvalue weighted by Gasteiger charge is -2.55. The van der Waals surface area contributed by atoms with Crippen LogP contribution in [-0.2, 0) is 18.3 Å². The number of nitrogens with one attached hydrogen (secondary N) is 1. The summed E-state index contributed by atoms with van der Waals surface area (Å²) in [5.41, 5.74) is 5.21. The van der Waals surface area contributed by atoms with Crippen LogP contribution in [0, 0.1) is 5.92 Å². The minimum atomic E-state index is 0.363. The van der Waals surface area contributed by atoms with E-state index < -0.39 is 0 Å². The Bertz CT molecular complexity index is 581. The molecule has 2 nitrogen and oxygen atoms in total. The molecule has 4 atom stereocenters. The van der Waals surface area contributed by atoms with E-state index in [9.17, 15) is 0 Å². The maximum Gasteiger partial charge on any atom is 0.123 e. The van der Waals surface area contributed by atoms with Gasteiger partial charge in [-0.3, -0.25) is 0 Å². The van der Waals surface area contributed by atoms with Crippen molar-refractivity contribution in [3.8, 4) is 5.75 Å². The maximum atomic E-state index is 6.45. The first-order valence-corrected chi connectivity index (χ1v) is 8.40. The maximum absolute atomic E-state index is 6.45. The third-order valence-corrected chi connectivity index (χ3v) is 6.56. The normalized spacial score (nSPS) is 40.1. The van der Waals surface area contributed by atoms with Crippen molar-refractivity contribution in [2.75, 3.05) is 6.54 Å². The van der Waals surface area contributed by atoms with E-state index in [-0.39, 0.29) is 0 Å². The number of aryl methyl sites for hydroxylation is 1. The highest BCUT2D eigenvalue weighted by Gasteiger charge is 2.61. The average molecular weight is 269 g/mol. The summed E-state index contributed by atoms with van der Waals surface area (Å²) >= 11 is 0. The van der Waals surface area contributed by atoms with Gasteiger partial charge in [0, 0.05) is 17.0 Å². The molecule has 2 aliphatic carbocycles. The molecule has 2 bridgehead atoms. The fourth-order valence-corrected chi connectivity index (χ4v) is 5.86. The monoisotopic (exact) mass is 269 g/mol. The minimum absolute atomic E-state index is 0.363. The van der Waals surface area contributed by atoms with Crippen LogP contribution in [0.2, 0.25) is 0 Å². The Kier molecular flexibility index (Phi) is 2.20. The number of hydrogen-bond acceptors (Lipinski definition) is 2. The van der Waals surface area contributed by atoms with E-state index in [1.807, 2.05) is 0 Å². The summed E-state index contributed by atoms with van der Waals surface area (Å²) in [5.74, 6) is 2.05. The molecule has 1 N–H and O–H groups in total. The van der Waals surface area contributed by atoms with Crippen LogP contribution in [0.4, 0.5) is 0 Å². The zero-order chi connectivity index (χ0) is 13.3. The lowest BCUT2D eigenvalue weighted by atomic mass is 9.52. The average Bonchev–Trinajstić information content (AvgIpc) is 2.79. The first kappa shape index (κ1) is 11.6.